The Morgan fingerprint density at radius 3 is 2.35 bits per heavy atom. The van der Waals surface area contributed by atoms with Crippen molar-refractivity contribution < 1.29 is 0 Å². The van der Waals surface area contributed by atoms with Crippen LogP contribution in [0.5, 0.6) is 0 Å². The van der Waals surface area contributed by atoms with Gasteiger partial charge in [-0.15, -0.1) is 0 Å². The van der Waals surface area contributed by atoms with Gasteiger partial charge in [0.1, 0.15) is 0 Å². The molecule has 0 saturated heterocycles. The standard InChI is InChI=1S/C13H16Cl3N/c14-9-6-10(12(16)11(15)7-9)13(17)8-4-2-1-3-5-8/h6-8,13H,1-5,17H2/t13-/m1/s1. The van der Waals surface area contributed by atoms with Crippen LogP contribution >= 0.6 is 34.8 Å². The van der Waals surface area contributed by atoms with Crippen LogP contribution in [0.2, 0.25) is 15.1 Å². The molecular formula is C13H16Cl3N. The van der Waals surface area contributed by atoms with Crippen molar-refractivity contribution in [1.29, 1.82) is 0 Å². The monoisotopic (exact) mass is 291 g/mol. The Kier molecular flexibility index (Phi) is 4.59. The van der Waals surface area contributed by atoms with Gasteiger partial charge in [0.15, 0.2) is 0 Å². The van der Waals surface area contributed by atoms with Crippen LogP contribution in [0.15, 0.2) is 12.1 Å². The van der Waals surface area contributed by atoms with Gasteiger partial charge in [-0.1, -0.05) is 54.1 Å². The summed E-state index contributed by atoms with van der Waals surface area (Å²) in [6.45, 7) is 0. The Morgan fingerprint density at radius 2 is 1.71 bits per heavy atom. The topological polar surface area (TPSA) is 26.0 Å². The van der Waals surface area contributed by atoms with Crippen LogP contribution in [0.1, 0.15) is 43.7 Å². The molecule has 1 atom stereocenters. The van der Waals surface area contributed by atoms with E-state index in [1.54, 1.807) is 6.07 Å². The van der Waals surface area contributed by atoms with Gasteiger partial charge in [0.2, 0.25) is 0 Å². The summed E-state index contributed by atoms with van der Waals surface area (Å²) in [6, 6.07) is 3.44. The molecule has 0 spiro atoms. The van der Waals surface area contributed by atoms with E-state index in [4.69, 9.17) is 40.5 Å². The van der Waals surface area contributed by atoms with Gasteiger partial charge in [-0.05, 0) is 36.5 Å². The molecule has 0 heterocycles. The molecule has 4 heteroatoms. The molecule has 94 valence electrons. The molecule has 0 bridgehead atoms. The van der Waals surface area contributed by atoms with E-state index in [1.807, 2.05) is 6.07 Å². The second kappa shape index (κ2) is 5.79. The molecule has 1 saturated carbocycles. The van der Waals surface area contributed by atoms with Crippen molar-refractivity contribution in [1.82, 2.24) is 0 Å². The van der Waals surface area contributed by atoms with E-state index >= 15 is 0 Å². The Bertz CT molecular complexity index is 400. The van der Waals surface area contributed by atoms with Gasteiger partial charge in [-0.3, -0.25) is 0 Å². The van der Waals surface area contributed by atoms with E-state index < -0.39 is 0 Å². The van der Waals surface area contributed by atoms with Crippen molar-refractivity contribution in [3.63, 3.8) is 0 Å². The maximum absolute atomic E-state index is 6.31. The van der Waals surface area contributed by atoms with Gasteiger partial charge in [0, 0.05) is 11.1 Å². The highest BCUT2D eigenvalue weighted by molar-refractivity contribution is 6.43. The van der Waals surface area contributed by atoms with Crippen molar-refractivity contribution in [2.45, 2.75) is 38.1 Å². The van der Waals surface area contributed by atoms with E-state index in [0.717, 1.165) is 5.56 Å². The van der Waals surface area contributed by atoms with E-state index in [9.17, 15) is 0 Å². The van der Waals surface area contributed by atoms with E-state index in [-0.39, 0.29) is 6.04 Å². The zero-order chi connectivity index (χ0) is 12.4. The normalized spacial score (nSPS) is 19.3. The first-order valence-electron chi connectivity index (χ1n) is 5.99. The number of hydrogen-bond donors (Lipinski definition) is 1. The number of rotatable bonds is 2. The molecule has 0 aliphatic heterocycles. The molecule has 0 radical (unpaired) electrons. The summed E-state index contributed by atoms with van der Waals surface area (Å²) in [5, 5.41) is 1.63. The van der Waals surface area contributed by atoms with Crippen LogP contribution < -0.4 is 5.73 Å². The van der Waals surface area contributed by atoms with E-state index in [0.29, 0.717) is 21.0 Å². The summed E-state index contributed by atoms with van der Waals surface area (Å²) in [7, 11) is 0. The third-order valence-electron chi connectivity index (χ3n) is 3.54. The number of hydrogen-bond acceptors (Lipinski definition) is 1. The van der Waals surface area contributed by atoms with Crippen LogP contribution in [0, 0.1) is 5.92 Å². The van der Waals surface area contributed by atoms with Gasteiger partial charge < -0.3 is 5.73 Å². The first-order chi connectivity index (χ1) is 8.09. The zero-order valence-electron chi connectivity index (χ0n) is 9.56. The van der Waals surface area contributed by atoms with E-state index in [2.05, 4.69) is 0 Å². The molecule has 1 fully saturated rings. The van der Waals surface area contributed by atoms with Crippen LogP contribution in [-0.4, -0.2) is 0 Å². The van der Waals surface area contributed by atoms with Crippen molar-refractivity contribution in [2.24, 2.45) is 11.7 Å². The van der Waals surface area contributed by atoms with Crippen LogP contribution in [0.3, 0.4) is 0 Å². The Balaban J connectivity index is 2.26. The lowest BCUT2D eigenvalue weighted by molar-refractivity contribution is 0.308. The van der Waals surface area contributed by atoms with Gasteiger partial charge >= 0.3 is 0 Å². The zero-order valence-corrected chi connectivity index (χ0v) is 11.8. The largest absolute Gasteiger partial charge is 0.324 e. The predicted octanol–water partition coefficient (Wildman–Crippen LogP) is 5.23. The summed E-state index contributed by atoms with van der Waals surface area (Å²) in [6.07, 6.45) is 6.16. The lowest BCUT2D eigenvalue weighted by atomic mass is 9.81. The first kappa shape index (κ1) is 13.5. The highest BCUT2D eigenvalue weighted by Crippen LogP contribution is 2.39. The molecule has 1 nitrogen and oxygen atoms in total. The molecule has 0 unspecified atom stereocenters. The van der Waals surface area contributed by atoms with Crippen molar-refractivity contribution >= 4 is 34.8 Å². The molecule has 1 aliphatic rings. The summed E-state index contributed by atoms with van der Waals surface area (Å²) in [5.41, 5.74) is 7.19. The average Bonchev–Trinajstić information content (AvgIpc) is 2.34. The Hall–Kier alpha value is 0.0500. The first-order valence-corrected chi connectivity index (χ1v) is 7.13. The minimum Gasteiger partial charge on any atom is -0.324 e. The smallest absolute Gasteiger partial charge is 0.0641 e. The molecule has 2 rings (SSSR count). The summed E-state index contributed by atoms with van der Waals surface area (Å²) >= 11 is 18.2. The van der Waals surface area contributed by atoms with Gasteiger partial charge in [0.05, 0.1) is 10.0 Å². The molecule has 0 aromatic heterocycles. The lowest BCUT2D eigenvalue weighted by Crippen LogP contribution is -2.23. The second-order valence-electron chi connectivity index (χ2n) is 4.71. The summed E-state index contributed by atoms with van der Waals surface area (Å²) in [4.78, 5) is 0. The maximum atomic E-state index is 6.31. The maximum Gasteiger partial charge on any atom is 0.0641 e. The highest BCUT2D eigenvalue weighted by atomic mass is 35.5. The second-order valence-corrected chi connectivity index (χ2v) is 5.94. The molecule has 0 amide bonds. The fraction of sp³-hybridized carbons (Fsp3) is 0.538. The number of halogens is 3. The summed E-state index contributed by atoms with van der Waals surface area (Å²) in [5.74, 6) is 0.496. The van der Waals surface area contributed by atoms with Crippen LogP contribution in [0.25, 0.3) is 0 Å². The fourth-order valence-electron chi connectivity index (χ4n) is 2.57. The van der Waals surface area contributed by atoms with Crippen molar-refractivity contribution in [2.75, 3.05) is 0 Å². The summed E-state index contributed by atoms with van der Waals surface area (Å²) < 4.78 is 0. The molecule has 1 aromatic rings. The van der Waals surface area contributed by atoms with Crippen LogP contribution in [-0.2, 0) is 0 Å². The lowest BCUT2D eigenvalue weighted by Gasteiger charge is -2.28. The van der Waals surface area contributed by atoms with Gasteiger partial charge in [0.25, 0.3) is 0 Å². The third-order valence-corrected chi connectivity index (χ3v) is 4.57. The molecule has 1 aromatic carbocycles. The molecule has 2 N–H and O–H groups in total. The van der Waals surface area contributed by atoms with Gasteiger partial charge in [-0.2, -0.15) is 0 Å². The highest BCUT2D eigenvalue weighted by Gasteiger charge is 2.24. The fourth-order valence-corrected chi connectivity index (χ4v) is 3.31. The molecule has 17 heavy (non-hydrogen) atoms. The quantitative estimate of drug-likeness (QED) is 0.742. The minimum atomic E-state index is -0.0565. The SMILES string of the molecule is N[C@@H](c1cc(Cl)cc(Cl)c1Cl)C1CCCCC1. The predicted molar refractivity (Wildman–Crippen MR) is 75.0 cm³/mol. The third kappa shape index (κ3) is 3.08. The Labute approximate surface area is 117 Å². The van der Waals surface area contributed by atoms with E-state index in [1.165, 1.54) is 32.1 Å². The van der Waals surface area contributed by atoms with Gasteiger partial charge in [-0.25, -0.2) is 0 Å². The van der Waals surface area contributed by atoms with Crippen molar-refractivity contribution in [3.05, 3.63) is 32.8 Å². The molecule has 1 aliphatic carbocycles. The number of nitrogens with two attached hydrogens (primary N) is 1. The average molecular weight is 293 g/mol. The van der Waals surface area contributed by atoms with Crippen molar-refractivity contribution in [3.8, 4) is 0 Å². The Morgan fingerprint density at radius 1 is 1.06 bits per heavy atom. The molecular weight excluding hydrogens is 277 g/mol. The number of benzene rings is 1. The van der Waals surface area contributed by atoms with Crippen LogP contribution in [0.4, 0.5) is 0 Å². The minimum absolute atomic E-state index is 0.0565.